The Bertz CT molecular complexity index is 1250. The van der Waals surface area contributed by atoms with Gasteiger partial charge in [0.05, 0.1) is 27.2 Å². The molecule has 270 valence electrons. The van der Waals surface area contributed by atoms with Crippen LogP contribution in [0.4, 0.5) is 22.0 Å². The minimum atomic E-state index is -5.50. The van der Waals surface area contributed by atoms with Gasteiger partial charge in [-0.3, -0.25) is 4.79 Å². The van der Waals surface area contributed by atoms with E-state index >= 15 is 0 Å². The Labute approximate surface area is 287 Å². The highest BCUT2D eigenvalue weighted by molar-refractivity contribution is 7.99. The van der Waals surface area contributed by atoms with E-state index in [1.807, 2.05) is 11.8 Å². The molecule has 0 saturated heterocycles. The van der Waals surface area contributed by atoms with Crippen LogP contribution in [-0.4, -0.2) is 45.2 Å². The highest BCUT2D eigenvalue weighted by Gasteiger charge is 2.56. The van der Waals surface area contributed by atoms with Crippen LogP contribution in [0.3, 0.4) is 0 Å². The fraction of sp³-hybridized carbons (Fsp3) is 0.658. The van der Waals surface area contributed by atoms with Crippen molar-refractivity contribution in [1.82, 2.24) is 0 Å². The van der Waals surface area contributed by atoms with E-state index in [4.69, 9.17) is 14.2 Å². The average Bonchev–Trinajstić information content (AvgIpc) is 3.07. The second kappa shape index (κ2) is 19.0. The molecule has 0 fully saturated rings. The Balaban J connectivity index is 1.39. The van der Waals surface area contributed by atoms with Gasteiger partial charge in [0.25, 0.3) is 0 Å². The molecule has 10 heteroatoms. The highest BCUT2D eigenvalue weighted by Crippen LogP contribution is 2.52. The molecule has 0 spiro atoms. The van der Waals surface area contributed by atoms with Crippen LogP contribution in [0.1, 0.15) is 120 Å². The van der Waals surface area contributed by atoms with E-state index in [0.717, 1.165) is 68.6 Å². The number of rotatable bonds is 21. The van der Waals surface area contributed by atoms with Crippen LogP contribution < -0.4 is 9.47 Å². The van der Waals surface area contributed by atoms with Gasteiger partial charge in [-0.2, -0.15) is 22.0 Å². The molecule has 4 nitrogen and oxygen atoms in total. The Morgan fingerprint density at radius 3 is 1.90 bits per heavy atom. The van der Waals surface area contributed by atoms with Crippen LogP contribution >= 0.6 is 11.8 Å². The largest absolute Gasteiger partial charge is 0.497 e. The lowest BCUT2D eigenvalue weighted by molar-refractivity contribution is -0.284. The Hall–Kier alpha value is -2.49. The summed E-state index contributed by atoms with van der Waals surface area (Å²) in [6, 6.07) is 15.0. The first-order chi connectivity index (χ1) is 22.9. The number of alkyl halides is 5. The van der Waals surface area contributed by atoms with Crippen molar-refractivity contribution >= 4 is 17.7 Å². The number of carbonyl (C=O) groups excluding carboxylic acids is 1. The van der Waals surface area contributed by atoms with Gasteiger partial charge < -0.3 is 14.2 Å². The van der Waals surface area contributed by atoms with Crippen LogP contribution in [0.2, 0.25) is 0 Å². The summed E-state index contributed by atoms with van der Waals surface area (Å²) in [5.41, 5.74) is 2.72. The number of ether oxygens (including phenoxy) is 3. The van der Waals surface area contributed by atoms with Gasteiger partial charge in [-0.15, -0.1) is 11.8 Å². The molecule has 1 aliphatic rings. The van der Waals surface area contributed by atoms with Gasteiger partial charge in [0.15, 0.2) is 0 Å². The van der Waals surface area contributed by atoms with Crippen molar-refractivity contribution in [2.75, 3.05) is 27.1 Å². The molecule has 0 aliphatic carbocycles. The van der Waals surface area contributed by atoms with E-state index in [9.17, 15) is 26.7 Å². The molecule has 2 aromatic rings. The predicted molar refractivity (Wildman–Crippen MR) is 183 cm³/mol. The third kappa shape index (κ3) is 11.3. The Morgan fingerprint density at radius 1 is 0.792 bits per heavy atom. The summed E-state index contributed by atoms with van der Waals surface area (Å²) in [6.07, 6.45) is 4.49. The third-order valence-electron chi connectivity index (χ3n) is 9.93. The van der Waals surface area contributed by atoms with Gasteiger partial charge in [-0.05, 0) is 67.0 Å². The molecule has 3 rings (SSSR count). The molecular formula is C38H53F5O4S. The summed E-state index contributed by atoms with van der Waals surface area (Å²) in [7, 11) is 4.76. The normalized spacial score (nSPS) is 18.6. The van der Waals surface area contributed by atoms with Crippen molar-refractivity contribution in [3.05, 3.63) is 53.6 Å². The second-order valence-electron chi connectivity index (χ2n) is 13.3. The summed E-state index contributed by atoms with van der Waals surface area (Å²) >= 11 is 1.90. The number of methoxy groups -OCH3 is 3. The fourth-order valence-corrected chi connectivity index (χ4v) is 8.26. The third-order valence-corrected chi connectivity index (χ3v) is 11.3. The molecule has 0 N–H and O–H groups in total. The van der Waals surface area contributed by atoms with E-state index < -0.39 is 18.5 Å². The first kappa shape index (κ1) is 39.9. The van der Waals surface area contributed by atoms with Crippen molar-refractivity contribution in [3.63, 3.8) is 0 Å². The molecular weight excluding hydrogens is 647 g/mol. The maximum Gasteiger partial charge on any atom is 0.453 e. The summed E-state index contributed by atoms with van der Waals surface area (Å²) in [6.45, 7) is 2.39. The van der Waals surface area contributed by atoms with Crippen molar-refractivity contribution in [3.8, 4) is 11.5 Å². The molecule has 48 heavy (non-hydrogen) atoms. The average molecular weight is 701 g/mol. The van der Waals surface area contributed by atoms with Crippen LogP contribution in [0.25, 0.3) is 0 Å². The highest BCUT2D eigenvalue weighted by atomic mass is 32.2. The molecule has 3 unspecified atom stereocenters. The minimum Gasteiger partial charge on any atom is -0.497 e. The lowest BCUT2D eigenvalue weighted by atomic mass is 9.68. The van der Waals surface area contributed by atoms with E-state index in [-0.39, 0.29) is 30.1 Å². The number of carbonyl (C=O) groups is 1. The fourth-order valence-electron chi connectivity index (χ4n) is 6.86. The summed E-state index contributed by atoms with van der Waals surface area (Å²) in [4.78, 5) is 13.6. The summed E-state index contributed by atoms with van der Waals surface area (Å²) in [5, 5.41) is 0. The number of esters is 1. The van der Waals surface area contributed by atoms with Crippen molar-refractivity contribution < 1.29 is 41.0 Å². The number of fused-ring (bicyclic) bond motifs is 1. The van der Waals surface area contributed by atoms with Gasteiger partial charge in [0.1, 0.15) is 11.5 Å². The first-order valence-corrected chi connectivity index (χ1v) is 18.3. The van der Waals surface area contributed by atoms with Crippen LogP contribution in [0.15, 0.2) is 47.4 Å². The zero-order valence-electron chi connectivity index (χ0n) is 28.9. The van der Waals surface area contributed by atoms with Crippen molar-refractivity contribution in [2.24, 2.45) is 5.92 Å². The Morgan fingerprint density at radius 2 is 1.33 bits per heavy atom. The van der Waals surface area contributed by atoms with Crippen LogP contribution in [0.5, 0.6) is 11.5 Å². The SMILES string of the molecule is COC(=O)C(CCCCCCCCCC1c2ccc(OC)cc2SCC1(C)c1ccc(OC)cc1)CCCCCCC(F)(F)C(F)(F)F. The number of thioether (sulfide) groups is 1. The number of hydrogen-bond donors (Lipinski definition) is 0. The Kier molecular flexibility index (Phi) is 15.9. The van der Waals surface area contributed by atoms with E-state index in [1.165, 1.54) is 23.1 Å². The van der Waals surface area contributed by atoms with E-state index in [0.29, 0.717) is 31.6 Å². The molecule has 2 aromatic carbocycles. The standard InChI is InChI=1S/C38H53F5O4S/c1-36(29-19-21-30(45-2)22-20-29)27-48-34-26-31(46-3)23-24-32(34)33(36)18-14-9-7-5-6-8-12-16-28(35(44)47-4)17-13-10-11-15-25-37(39,40)38(41,42)43/h19-24,26,28,33H,5-18,25,27H2,1-4H3. The van der Waals surface area contributed by atoms with Gasteiger partial charge in [0, 0.05) is 22.5 Å². The maximum atomic E-state index is 13.1. The number of hydrogen-bond acceptors (Lipinski definition) is 5. The van der Waals surface area contributed by atoms with Gasteiger partial charge in [0.2, 0.25) is 0 Å². The lowest BCUT2D eigenvalue weighted by Crippen LogP contribution is -2.36. The zero-order chi connectivity index (χ0) is 35.2. The van der Waals surface area contributed by atoms with Crippen LogP contribution in [0, 0.1) is 5.92 Å². The molecule has 0 amide bonds. The van der Waals surface area contributed by atoms with Crippen LogP contribution in [-0.2, 0) is 14.9 Å². The summed E-state index contributed by atoms with van der Waals surface area (Å²) in [5.74, 6) is -2.04. The number of unbranched alkanes of at least 4 members (excludes halogenated alkanes) is 9. The lowest BCUT2D eigenvalue weighted by Gasteiger charge is -2.43. The van der Waals surface area contributed by atoms with Gasteiger partial charge in [-0.25, -0.2) is 0 Å². The predicted octanol–water partition coefficient (Wildman–Crippen LogP) is 11.7. The van der Waals surface area contributed by atoms with E-state index in [2.05, 4.69) is 49.4 Å². The number of halogens is 5. The van der Waals surface area contributed by atoms with Gasteiger partial charge >= 0.3 is 18.1 Å². The minimum absolute atomic E-state index is 0.00348. The van der Waals surface area contributed by atoms with Crippen molar-refractivity contribution in [1.29, 1.82) is 0 Å². The molecule has 0 bridgehead atoms. The smallest absolute Gasteiger partial charge is 0.453 e. The number of benzene rings is 2. The maximum absolute atomic E-state index is 13.1. The zero-order valence-corrected chi connectivity index (χ0v) is 29.8. The molecule has 3 atom stereocenters. The second-order valence-corrected chi connectivity index (χ2v) is 14.3. The molecule has 0 radical (unpaired) electrons. The molecule has 0 aromatic heterocycles. The molecule has 1 heterocycles. The van der Waals surface area contributed by atoms with Gasteiger partial charge in [-0.1, -0.05) is 89.3 Å². The quantitative estimate of drug-likeness (QED) is 0.0737. The molecule has 1 aliphatic heterocycles. The first-order valence-electron chi connectivity index (χ1n) is 17.3. The monoisotopic (exact) mass is 700 g/mol. The van der Waals surface area contributed by atoms with Crippen molar-refractivity contribution in [2.45, 2.75) is 132 Å². The molecule has 0 saturated carbocycles. The van der Waals surface area contributed by atoms with E-state index in [1.54, 1.807) is 14.2 Å². The summed E-state index contributed by atoms with van der Waals surface area (Å²) < 4.78 is 79.0. The topological polar surface area (TPSA) is 44.8 Å².